The van der Waals surface area contributed by atoms with E-state index in [1.807, 2.05) is 12.5 Å². The molecule has 0 radical (unpaired) electrons. The molecule has 4 heteroatoms. The molecule has 0 unspecified atom stereocenters. The van der Waals surface area contributed by atoms with Crippen molar-refractivity contribution in [1.82, 2.24) is 9.55 Å². The summed E-state index contributed by atoms with van der Waals surface area (Å²) in [5.74, 6) is 0. The summed E-state index contributed by atoms with van der Waals surface area (Å²) in [6.07, 6.45) is 17.0. The topological polar surface area (TPSA) is 17.8 Å². The van der Waals surface area contributed by atoms with E-state index in [1.165, 1.54) is 51.4 Å². The second-order valence-corrected chi connectivity index (χ2v) is 9.15. The van der Waals surface area contributed by atoms with Gasteiger partial charge < -0.3 is 4.57 Å². The van der Waals surface area contributed by atoms with Crippen LogP contribution < -0.4 is 0 Å². The summed E-state index contributed by atoms with van der Waals surface area (Å²) >= 11 is 4.18. The molecule has 0 aromatic carbocycles. The second kappa shape index (κ2) is 7.63. The molecule has 2 nitrogen and oxygen atoms in total. The number of hydrogen-bond acceptors (Lipinski definition) is 3. The maximum Gasteiger partial charge on any atom is 0.140 e. The Morgan fingerprint density at radius 2 is 1.79 bits per heavy atom. The summed E-state index contributed by atoms with van der Waals surface area (Å²) in [6, 6.07) is 0. The summed E-state index contributed by atoms with van der Waals surface area (Å²) in [5.41, 5.74) is 0. The van der Waals surface area contributed by atoms with Gasteiger partial charge in [-0.15, -0.1) is 23.5 Å². The normalized spacial score (nSPS) is 26.3. The molecule has 19 heavy (non-hydrogen) atoms. The maximum absolute atomic E-state index is 4.21. The smallest absolute Gasteiger partial charge is 0.140 e. The van der Waals surface area contributed by atoms with E-state index in [0.717, 1.165) is 4.58 Å². The molecule has 1 aromatic rings. The van der Waals surface area contributed by atoms with Crippen molar-refractivity contribution in [2.75, 3.05) is 0 Å². The van der Waals surface area contributed by atoms with Crippen LogP contribution in [0.5, 0.6) is 0 Å². The fraction of sp³-hybridized carbons (Fsp3) is 0.800. The van der Waals surface area contributed by atoms with Gasteiger partial charge in [0.05, 0.1) is 10.9 Å². The van der Waals surface area contributed by atoms with E-state index in [-0.39, 0.29) is 4.20 Å². The van der Waals surface area contributed by atoms with Crippen LogP contribution in [0.4, 0.5) is 0 Å². The first-order valence-electron chi connectivity index (χ1n) is 7.61. The second-order valence-electron chi connectivity index (χ2n) is 5.36. The van der Waals surface area contributed by atoms with Crippen LogP contribution in [0.3, 0.4) is 0 Å². The molecule has 0 spiro atoms. The number of aromatic nitrogens is 2. The summed E-state index contributed by atoms with van der Waals surface area (Å²) in [5, 5.41) is 0. The first kappa shape index (κ1) is 15.3. The standard InChI is InChI=1S/C15H26N2S2/c1-3-4-5-6-7-8-9-10-15(18-14(2)19-15)17-12-11-16-13-17/h11-14H,3-10H2,1-2H3. The van der Waals surface area contributed by atoms with Gasteiger partial charge in [-0.05, 0) is 19.8 Å². The van der Waals surface area contributed by atoms with Gasteiger partial charge in [0.2, 0.25) is 0 Å². The Kier molecular flexibility index (Phi) is 6.14. The fourth-order valence-corrected chi connectivity index (χ4v) is 6.23. The summed E-state index contributed by atoms with van der Waals surface area (Å²) < 4.78 is 3.28. The van der Waals surface area contributed by atoms with Crippen molar-refractivity contribution in [3.05, 3.63) is 18.7 Å². The number of rotatable bonds is 9. The molecule has 0 amide bonds. The molecule has 2 rings (SSSR count). The molecule has 1 aliphatic heterocycles. The third kappa shape index (κ3) is 4.19. The Balaban J connectivity index is 1.68. The van der Waals surface area contributed by atoms with E-state index in [2.05, 4.69) is 53.1 Å². The predicted octanol–water partition coefficient (Wildman–Crippen LogP) is 5.46. The molecular formula is C15H26N2S2. The van der Waals surface area contributed by atoms with E-state index in [4.69, 9.17) is 0 Å². The summed E-state index contributed by atoms with van der Waals surface area (Å²) in [6.45, 7) is 4.58. The van der Waals surface area contributed by atoms with Crippen molar-refractivity contribution in [2.45, 2.75) is 74.0 Å². The maximum atomic E-state index is 4.21. The molecule has 1 aromatic heterocycles. The quantitative estimate of drug-likeness (QED) is 0.564. The van der Waals surface area contributed by atoms with Crippen molar-refractivity contribution in [3.8, 4) is 0 Å². The van der Waals surface area contributed by atoms with Crippen LogP contribution in [0.15, 0.2) is 18.7 Å². The third-order valence-electron chi connectivity index (χ3n) is 3.69. The molecule has 1 fully saturated rings. The lowest BCUT2D eigenvalue weighted by Gasteiger charge is -2.46. The van der Waals surface area contributed by atoms with Crippen molar-refractivity contribution in [2.24, 2.45) is 0 Å². The van der Waals surface area contributed by atoms with E-state index in [1.54, 1.807) is 0 Å². The van der Waals surface area contributed by atoms with Crippen LogP contribution >= 0.6 is 23.5 Å². The largest absolute Gasteiger partial charge is 0.313 e. The Hall–Kier alpha value is -0.0900. The zero-order chi connectivity index (χ0) is 13.6. The molecule has 1 aliphatic rings. The van der Waals surface area contributed by atoms with Gasteiger partial charge in [-0.2, -0.15) is 0 Å². The minimum atomic E-state index is 0.249. The molecule has 0 atom stereocenters. The van der Waals surface area contributed by atoms with E-state index < -0.39 is 0 Å². The monoisotopic (exact) mass is 298 g/mol. The van der Waals surface area contributed by atoms with Gasteiger partial charge in [0.25, 0.3) is 0 Å². The molecule has 108 valence electrons. The highest BCUT2D eigenvalue weighted by Gasteiger charge is 2.44. The third-order valence-corrected chi connectivity index (χ3v) is 7.08. The van der Waals surface area contributed by atoms with Gasteiger partial charge in [0.1, 0.15) is 4.20 Å². The zero-order valence-corrected chi connectivity index (χ0v) is 13.8. The van der Waals surface area contributed by atoms with Gasteiger partial charge in [0.15, 0.2) is 0 Å². The number of imidazole rings is 1. The number of hydrogen-bond donors (Lipinski definition) is 0. The zero-order valence-electron chi connectivity index (χ0n) is 12.2. The highest BCUT2D eigenvalue weighted by Crippen LogP contribution is 2.62. The van der Waals surface area contributed by atoms with Crippen molar-refractivity contribution >= 4 is 23.5 Å². The highest BCUT2D eigenvalue weighted by atomic mass is 32.3. The molecule has 0 aliphatic carbocycles. The molecule has 0 N–H and O–H groups in total. The molecule has 0 saturated carbocycles. The highest BCUT2D eigenvalue weighted by molar-refractivity contribution is 8.33. The first-order valence-corrected chi connectivity index (χ1v) is 9.37. The van der Waals surface area contributed by atoms with Crippen LogP contribution in [-0.4, -0.2) is 14.1 Å². The summed E-state index contributed by atoms with van der Waals surface area (Å²) in [4.78, 5) is 4.21. The average molecular weight is 299 g/mol. The minimum Gasteiger partial charge on any atom is -0.313 e. The lowest BCUT2D eigenvalue weighted by Crippen LogP contribution is -2.36. The lowest BCUT2D eigenvalue weighted by molar-refractivity contribution is 0.503. The van der Waals surface area contributed by atoms with Crippen LogP contribution in [0.1, 0.15) is 65.2 Å². The lowest BCUT2D eigenvalue weighted by atomic mass is 10.1. The summed E-state index contributed by atoms with van der Waals surface area (Å²) in [7, 11) is 0. The van der Waals surface area contributed by atoms with Crippen LogP contribution in [0.2, 0.25) is 0 Å². The van der Waals surface area contributed by atoms with Crippen LogP contribution in [-0.2, 0) is 4.20 Å². The van der Waals surface area contributed by atoms with Crippen LogP contribution in [0.25, 0.3) is 0 Å². The van der Waals surface area contributed by atoms with Crippen molar-refractivity contribution in [3.63, 3.8) is 0 Å². The van der Waals surface area contributed by atoms with Gasteiger partial charge in [-0.3, -0.25) is 0 Å². The Labute approximate surface area is 126 Å². The number of thioether (sulfide) groups is 2. The van der Waals surface area contributed by atoms with Gasteiger partial charge in [-0.25, -0.2) is 4.98 Å². The Morgan fingerprint density at radius 3 is 2.37 bits per heavy atom. The molecular weight excluding hydrogens is 272 g/mol. The van der Waals surface area contributed by atoms with Gasteiger partial charge in [-0.1, -0.05) is 45.4 Å². The first-order chi connectivity index (χ1) is 9.27. The van der Waals surface area contributed by atoms with E-state index in [9.17, 15) is 0 Å². The SMILES string of the molecule is CCCCCCCCCC1(n2ccnc2)SC(C)S1. The fourth-order valence-electron chi connectivity index (χ4n) is 2.66. The van der Waals surface area contributed by atoms with Gasteiger partial charge in [0, 0.05) is 12.4 Å². The van der Waals surface area contributed by atoms with E-state index >= 15 is 0 Å². The number of unbranched alkanes of at least 4 members (excludes halogenated alkanes) is 6. The van der Waals surface area contributed by atoms with Gasteiger partial charge >= 0.3 is 0 Å². The molecule has 1 saturated heterocycles. The van der Waals surface area contributed by atoms with Crippen molar-refractivity contribution < 1.29 is 0 Å². The molecule has 0 bridgehead atoms. The van der Waals surface area contributed by atoms with Crippen molar-refractivity contribution in [1.29, 1.82) is 0 Å². The molecule has 2 heterocycles. The minimum absolute atomic E-state index is 0.249. The Morgan fingerprint density at radius 1 is 1.11 bits per heavy atom. The average Bonchev–Trinajstić information content (AvgIpc) is 2.89. The van der Waals surface area contributed by atoms with Crippen LogP contribution in [0, 0.1) is 0 Å². The number of nitrogens with zero attached hydrogens (tertiary/aromatic N) is 2. The van der Waals surface area contributed by atoms with E-state index in [0.29, 0.717) is 0 Å². The Bertz CT molecular complexity index is 345. The predicted molar refractivity (Wildman–Crippen MR) is 87.5 cm³/mol.